The lowest BCUT2D eigenvalue weighted by Gasteiger charge is -2.34. The van der Waals surface area contributed by atoms with Crippen molar-refractivity contribution in [3.05, 3.63) is 82.4 Å². The number of rotatable bonds is 6. The molecule has 9 heteroatoms. The molecule has 9 nitrogen and oxygen atoms in total. The zero-order chi connectivity index (χ0) is 23.2. The number of carbonyl (C=O) groups excluding carboxylic acids is 1. The predicted octanol–water partition coefficient (Wildman–Crippen LogP) is 3.42. The van der Waals surface area contributed by atoms with Gasteiger partial charge in [0, 0.05) is 50.0 Å². The molecule has 0 aliphatic carbocycles. The normalized spacial score (nSPS) is 13.8. The van der Waals surface area contributed by atoms with Gasteiger partial charge in [-0.05, 0) is 60.2 Å². The number of aromatic nitrogens is 2. The first-order valence-electron chi connectivity index (χ1n) is 10.5. The minimum absolute atomic E-state index is 0.0229. The second-order valence-electron chi connectivity index (χ2n) is 7.50. The Morgan fingerprint density at radius 2 is 1.67 bits per heavy atom. The van der Waals surface area contributed by atoms with Crippen LogP contribution in [0.3, 0.4) is 0 Å². The fourth-order valence-electron chi connectivity index (χ4n) is 3.55. The average molecular weight is 445 g/mol. The van der Waals surface area contributed by atoms with Gasteiger partial charge in [-0.25, -0.2) is 0 Å². The first-order valence-corrected chi connectivity index (χ1v) is 10.5. The predicted molar refractivity (Wildman–Crippen MR) is 125 cm³/mol. The minimum Gasteiger partial charge on any atom is -0.497 e. The number of piperazine rings is 1. The van der Waals surface area contributed by atoms with E-state index >= 15 is 0 Å². The number of ether oxygens (including phenoxy) is 1. The molecule has 1 amide bonds. The summed E-state index contributed by atoms with van der Waals surface area (Å²) in [6.45, 7) is 2.47. The minimum atomic E-state index is -0.449. The molecule has 168 valence electrons. The van der Waals surface area contributed by atoms with Crippen molar-refractivity contribution in [2.24, 2.45) is 0 Å². The quantitative estimate of drug-likeness (QED) is 0.325. The standard InChI is InChI=1S/C24H23N5O4/c1-33-21-9-5-19(6-10-21)22-11-12-23(26-25-22)27-14-16-28(17-15-27)24(30)13-4-18-2-7-20(8-3-18)29(31)32/h2-13H,14-17H2,1H3/b13-4+. The third-order valence-corrected chi connectivity index (χ3v) is 5.47. The van der Waals surface area contributed by atoms with Gasteiger partial charge >= 0.3 is 0 Å². The van der Waals surface area contributed by atoms with Crippen molar-refractivity contribution in [1.82, 2.24) is 15.1 Å². The largest absolute Gasteiger partial charge is 0.497 e. The second kappa shape index (κ2) is 9.90. The van der Waals surface area contributed by atoms with Crippen LogP contribution in [0.4, 0.5) is 11.5 Å². The van der Waals surface area contributed by atoms with E-state index in [4.69, 9.17) is 4.74 Å². The molecule has 0 bridgehead atoms. The highest BCUT2D eigenvalue weighted by molar-refractivity contribution is 5.92. The number of nitrogens with zero attached hydrogens (tertiary/aromatic N) is 5. The third-order valence-electron chi connectivity index (χ3n) is 5.47. The number of methoxy groups -OCH3 is 1. The average Bonchev–Trinajstić information content (AvgIpc) is 2.88. The molecule has 2 aromatic carbocycles. The highest BCUT2D eigenvalue weighted by Crippen LogP contribution is 2.22. The van der Waals surface area contributed by atoms with Crippen molar-refractivity contribution in [3.63, 3.8) is 0 Å². The SMILES string of the molecule is COc1ccc(-c2ccc(N3CCN(C(=O)/C=C/c4ccc([N+](=O)[O-])cc4)CC3)nn2)cc1. The molecule has 1 aliphatic heterocycles. The molecule has 33 heavy (non-hydrogen) atoms. The van der Waals surface area contributed by atoms with Crippen molar-refractivity contribution in [1.29, 1.82) is 0 Å². The fourth-order valence-corrected chi connectivity index (χ4v) is 3.55. The number of hydrogen-bond acceptors (Lipinski definition) is 7. The smallest absolute Gasteiger partial charge is 0.269 e. The first-order chi connectivity index (χ1) is 16.0. The van der Waals surface area contributed by atoms with Gasteiger partial charge in [-0.2, -0.15) is 0 Å². The van der Waals surface area contributed by atoms with E-state index in [0.717, 1.165) is 28.4 Å². The Kier molecular flexibility index (Phi) is 6.58. The van der Waals surface area contributed by atoms with E-state index in [1.807, 2.05) is 36.4 Å². The lowest BCUT2D eigenvalue weighted by molar-refractivity contribution is -0.384. The van der Waals surface area contributed by atoms with Crippen LogP contribution in [-0.4, -0.2) is 59.2 Å². The maximum absolute atomic E-state index is 12.5. The second-order valence-corrected chi connectivity index (χ2v) is 7.50. The Bertz CT molecular complexity index is 1140. The van der Waals surface area contributed by atoms with Gasteiger partial charge in [-0.1, -0.05) is 0 Å². The van der Waals surface area contributed by atoms with Crippen LogP contribution in [-0.2, 0) is 4.79 Å². The van der Waals surface area contributed by atoms with Crippen LogP contribution in [0.2, 0.25) is 0 Å². The summed E-state index contributed by atoms with van der Waals surface area (Å²) in [5, 5.41) is 19.4. The lowest BCUT2D eigenvalue weighted by Crippen LogP contribution is -2.48. The Morgan fingerprint density at radius 1 is 0.970 bits per heavy atom. The molecule has 1 aliphatic rings. The summed E-state index contributed by atoms with van der Waals surface area (Å²) >= 11 is 0. The number of nitro benzene ring substituents is 1. The number of amides is 1. The van der Waals surface area contributed by atoms with Gasteiger partial charge in [0.1, 0.15) is 5.75 Å². The molecular formula is C24H23N5O4. The van der Waals surface area contributed by atoms with Crippen LogP contribution >= 0.6 is 0 Å². The van der Waals surface area contributed by atoms with E-state index in [0.29, 0.717) is 26.2 Å². The van der Waals surface area contributed by atoms with Crippen LogP contribution in [0.25, 0.3) is 17.3 Å². The monoisotopic (exact) mass is 445 g/mol. The summed E-state index contributed by atoms with van der Waals surface area (Å²) in [6.07, 6.45) is 3.17. The molecule has 4 rings (SSSR count). The number of benzene rings is 2. The number of carbonyl (C=O) groups is 1. The molecule has 0 atom stereocenters. The zero-order valence-corrected chi connectivity index (χ0v) is 18.1. The number of nitro groups is 1. The lowest BCUT2D eigenvalue weighted by atomic mass is 10.1. The molecule has 1 fully saturated rings. The topological polar surface area (TPSA) is 102 Å². The summed E-state index contributed by atoms with van der Waals surface area (Å²) in [4.78, 5) is 26.7. The highest BCUT2D eigenvalue weighted by atomic mass is 16.6. The Labute approximate surface area is 191 Å². The van der Waals surface area contributed by atoms with Gasteiger partial charge in [0.05, 0.1) is 17.7 Å². The van der Waals surface area contributed by atoms with Gasteiger partial charge in [-0.15, -0.1) is 10.2 Å². The number of non-ortho nitro benzene ring substituents is 1. The van der Waals surface area contributed by atoms with Crippen molar-refractivity contribution >= 4 is 23.5 Å². The summed E-state index contributed by atoms with van der Waals surface area (Å²) in [6, 6.07) is 17.6. The Morgan fingerprint density at radius 3 is 2.24 bits per heavy atom. The fraction of sp³-hybridized carbons (Fsp3) is 0.208. The summed E-state index contributed by atoms with van der Waals surface area (Å²) in [5.41, 5.74) is 2.51. The summed E-state index contributed by atoms with van der Waals surface area (Å²) in [5.74, 6) is 1.48. The Balaban J connectivity index is 1.31. The molecule has 2 heterocycles. The van der Waals surface area contributed by atoms with Crippen LogP contribution < -0.4 is 9.64 Å². The maximum Gasteiger partial charge on any atom is 0.269 e. The molecule has 0 unspecified atom stereocenters. The Hall–Kier alpha value is -4.27. The van der Waals surface area contributed by atoms with Crippen molar-refractivity contribution in [3.8, 4) is 17.0 Å². The molecule has 0 spiro atoms. The van der Waals surface area contributed by atoms with Gasteiger partial charge < -0.3 is 14.5 Å². The van der Waals surface area contributed by atoms with Crippen LogP contribution in [0.1, 0.15) is 5.56 Å². The molecule has 0 saturated carbocycles. The number of hydrogen-bond donors (Lipinski definition) is 0. The van der Waals surface area contributed by atoms with Crippen molar-refractivity contribution < 1.29 is 14.5 Å². The van der Waals surface area contributed by atoms with Gasteiger partial charge in [0.2, 0.25) is 5.91 Å². The van der Waals surface area contributed by atoms with E-state index in [9.17, 15) is 14.9 Å². The van der Waals surface area contributed by atoms with E-state index in [1.165, 1.54) is 18.2 Å². The number of anilines is 1. The van der Waals surface area contributed by atoms with Gasteiger partial charge in [-0.3, -0.25) is 14.9 Å². The first kappa shape index (κ1) is 21.9. The van der Waals surface area contributed by atoms with Crippen LogP contribution in [0, 0.1) is 10.1 Å². The van der Waals surface area contributed by atoms with Crippen LogP contribution in [0.15, 0.2) is 66.7 Å². The van der Waals surface area contributed by atoms with Crippen LogP contribution in [0.5, 0.6) is 5.75 Å². The highest BCUT2D eigenvalue weighted by Gasteiger charge is 2.21. The van der Waals surface area contributed by atoms with E-state index in [2.05, 4.69) is 15.1 Å². The maximum atomic E-state index is 12.5. The summed E-state index contributed by atoms with van der Waals surface area (Å²) in [7, 11) is 1.63. The van der Waals surface area contributed by atoms with Gasteiger partial charge in [0.25, 0.3) is 5.69 Å². The molecule has 3 aromatic rings. The molecule has 0 radical (unpaired) electrons. The van der Waals surface area contributed by atoms with E-state index in [1.54, 1.807) is 30.2 Å². The van der Waals surface area contributed by atoms with Crippen molar-refractivity contribution in [2.45, 2.75) is 0 Å². The third kappa shape index (κ3) is 5.32. The van der Waals surface area contributed by atoms with E-state index in [-0.39, 0.29) is 11.6 Å². The molecule has 0 N–H and O–H groups in total. The molecule has 1 saturated heterocycles. The molecule has 1 aromatic heterocycles. The molecular weight excluding hydrogens is 422 g/mol. The van der Waals surface area contributed by atoms with Gasteiger partial charge in [0.15, 0.2) is 5.82 Å². The zero-order valence-electron chi connectivity index (χ0n) is 18.1. The van der Waals surface area contributed by atoms with E-state index < -0.39 is 4.92 Å². The summed E-state index contributed by atoms with van der Waals surface area (Å²) < 4.78 is 5.18. The van der Waals surface area contributed by atoms with Crippen molar-refractivity contribution in [2.75, 3.05) is 38.2 Å².